The summed E-state index contributed by atoms with van der Waals surface area (Å²) in [5.74, 6) is 0.375. The molecule has 1 saturated heterocycles. The Bertz CT molecular complexity index is 979. The van der Waals surface area contributed by atoms with Crippen LogP contribution in [0.2, 0.25) is 0 Å². The Kier molecular flexibility index (Phi) is 7.95. The van der Waals surface area contributed by atoms with Crippen LogP contribution >= 0.6 is 0 Å². The van der Waals surface area contributed by atoms with E-state index in [1.54, 1.807) is 12.1 Å². The molecule has 2 fully saturated rings. The van der Waals surface area contributed by atoms with Crippen molar-refractivity contribution in [1.82, 2.24) is 9.80 Å². The van der Waals surface area contributed by atoms with Crippen molar-refractivity contribution >= 4 is 29.1 Å². The van der Waals surface area contributed by atoms with Gasteiger partial charge in [-0.15, -0.1) is 0 Å². The maximum absolute atomic E-state index is 13.4. The van der Waals surface area contributed by atoms with Crippen molar-refractivity contribution in [2.45, 2.75) is 45.1 Å². The second-order valence-corrected chi connectivity index (χ2v) is 9.32. The van der Waals surface area contributed by atoms with Crippen LogP contribution in [0.1, 0.15) is 38.2 Å². The second-order valence-electron chi connectivity index (χ2n) is 9.32. The first-order valence-corrected chi connectivity index (χ1v) is 12.2. The van der Waals surface area contributed by atoms with Gasteiger partial charge in [-0.1, -0.05) is 43.2 Å². The zero-order valence-corrected chi connectivity index (χ0v) is 19.8. The van der Waals surface area contributed by atoms with Gasteiger partial charge in [0.2, 0.25) is 17.7 Å². The van der Waals surface area contributed by atoms with E-state index in [9.17, 15) is 14.4 Å². The maximum Gasteiger partial charge on any atom is 0.242 e. The molecular weight excluding hydrogens is 428 g/mol. The van der Waals surface area contributed by atoms with E-state index in [4.69, 9.17) is 0 Å². The van der Waals surface area contributed by atoms with E-state index in [-0.39, 0.29) is 23.8 Å². The number of carbonyl (C=O) groups is 3. The minimum absolute atomic E-state index is 0.0169. The number of benzene rings is 2. The van der Waals surface area contributed by atoms with E-state index in [0.29, 0.717) is 44.2 Å². The summed E-state index contributed by atoms with van der Waals surface area (Å²) in [7, 11) is 0. The predicted molar refractivity (Wildman–Crippen MR) is 133 cm³/mol. The molecule has 2 aromatic carbocycles. The van der Waals surface area contributed by atoms with Crippen LogP contribution < -0.4 is 10.6 Å². The van der Waals surface area contributed by atoms with E-state index in [1.807, 2.05) is 47.4 Å². The number of piperazine rings is 1. The lowest BCUT2D eigenvalue weighted by molar-refractivity contribution is -0.133. The van der Waals surface area contributed by atoms with Gasteiger partial charge in [0.05, 0.1) is 12.5 Å². The molecule has 0 radical (unpaired) electrons. The highest BCUT2D eigenvalue weighted by Crippen LogP contribution is 2.32. The van der Waals surface area contributed by atoms with Crippen molar-refractivity contribution in [1.29, 1.82) is 0 Å². The number of amides is 3. The highest BCUT2D eigenvalue weighted by molar-refractivity contribution is 5.95. The molecular formula is C27H34N4O3. The van der Waals surface area contributed by atoms with Gasteiger partial charge in [0.25, 0.3) is 0 Å². The summed E-state index contributed by atoms with van der Waals surface area (Å²) in [6.07, 6.45) is 4.87. The standard InChI is InChI=1S/C27H34N4O3/c1-20(32)28-23-11-13-24(14-12-23)29-27(34)26(22-9-5-6-10-22)31-17-15-30(16-18-31)25(33)19-21-7-3-2-4-8-21/h2-4,7-8,11-14,22,26H,5-6,9-10,15-19H2,1H3,(H,28,32)(H,29,34). The highest BCUT2D eigenvalue weighted by atomic mass is 16.2. The molecule has 1 unspecified atom stereocenters. The second kappa shape index (κ2) is 11.3. The van der Waals surface area contributed by atoms with Crippen molar-refractivity contribution in [3.8, 4) is 0 Å². The molecule has 1 atom stereocenters. The quantitative estimate of drug-likeness (QED) is 0.660. The van der Waals surface area contributed by atoms with Crippen LogP contribution in [0.3, 0.4) is 0 Å². The van der Waals surface area contributed by atoms with E-state index in [0.717, 1.165) is 36.9 Å². The van der Waals surface area contributed by atoms with Gasteiger partial charge in [0.1, 0.15) is 0 Å². The van der Waals surface area contributed by atoms with Crippen LogP contribution in [-0.2, 0) is 20.8 Å². The molecule has 34 heavy (non-hydrogen) atoms. The summed E-state index contributed by atoms with van der Waals surface area (Å²) >= 11 is 0. The molecule has 1 saturated carbocycles. The molecule has 1 aliphatic carbocycles. The van der Waals surface area contributed by atoms with Gasteiger partial charge >= 0.3 is 0 Å². The Morgan fingerprint density at radius 2 is 1.44 bits per heavy atom. The minimum Gasteiger partial charge on any atom is -0.340 e. The number of rotatable bonds is 7. The van der Waals surface area contributed by atoms with Crippen LogP contribution in [0.4, 0.5) is 11.4 Å². The molecule has 0 spiro atoms. The fraction of sp³-hybridized carbons (Fsp3) is 0.444. The lowest BCUT2D eigenvalue weighted by Crippen LogP contribution is -2.57. The Morgan fingerprint density at radius 1 is 0.853 bits per heavy atom. The molecule has 0 aromatic heterocycles. The van der Waals surface area contributed by atoms with E-state index in [1.165, 1.54) is 6.92 Å². The normalized spacial score (nSPS) is 17.9. The number of anilines is 2. The summed E-state index contributed by atoms with van der Waals surface area (Å²) < 4.78 is 0. The first kappa shape index (κ1) is 24.0. The SMILES string of the molecule is CC(=O)Nc1ccc(NC(=O)C(C2CCCC2)N2CCN(C(=O)Cc3ccccc3)CC2)cc1. The van der Waals surface area contributed by atoms with Gasteiger partial charge in [0, 0.05) is 44.5 Å². The zero-order valence-electron chi connectivity index (χ0n) is 19.8. The fourth-order valence-electron chi connectivity index (χ4n) is 5.14. The third kappa shape index (κ3) is 6.23. The smallest absolute Gasteiger partial charge is 0.242 e. The summed E-state index contributed by atoms with van der Waals surface area (Å²) in [5.41, 5.74) is 2.45. The average Bonchev–Trinajstić information content (AvgIpc) is 3.35. The summed E-state index contributed by atoms with van der Waals surface area (Å²) in [6, 6.07) is 16.9. The van der Waals surface area contributed by atoms with Gasteiger partial charge in [-0.3, -0.25) is 19.3 Å². The predicted octanol–water partition coefficient (Wildman–Crippen LogP) is 3.53. The number of carbonyl (C=O) groups excluding carboxylic acids is 3. The van der Waals surface area contributed by atoms with Crippen molar-refractivity contribution in [2.75, 3.05) is 36.8 Å². The van der Waals surface area contributed by atoms with Crippen molar-refractivity contribution in [3.05, 3.63) is 60.2 Å². The molecule has 7 heteroatoms. The van der Waals surface area contributed by atoms with Crippen molar-refractivity contribution < 1.29 is 14.4 Å². The zero-order chi connectivity index (χ0) is 23.9. The maximum atomic E-state index is 13.4. The lowest BCUT2D eigenvalue weighted by Gasteiger charge is -2.40. The van der Waals surface area contributed by atoms with Crippen LogP contribution in [0.5, 0.6) is 0 Å². The van der Waals surface area contributed by atoms with E-state index in [2.05, 4.69) is 15.5 Å². The molecule has 4 rings (SSSR count). The van der Waals surface area contributed by atoms with Crippen LogP contribution in [0, 0.1) is 5.92 Å². The lowest BCUT2D eigenvalue weighted by atomic mass is 9.94. The molecule has 180 valence electrons. The Hall–Kier alpha value is -3.19. The molecule has 0 bridgehead atoms. The molecule has 2 aliphatic rings. The van der Waals surface area contributed by atoms with Gasteiger partial charge < -0.3 is 15.5 Å². The third-order valence-corrected chi connectivity index (χ3v) is 6.85. The van der Waals surface area contributed by atoms with Gasteiger partial charge in [-0.25, -0.2) is 0 Å². The van der Waals surface area contributed by atoms with E-state index >= 15 is 0 Å². The highest BCUT2D eigenvalue weighted by Gasteiger charge is 2.37. The Labute approximate surface area is 201 Å². The number of nitrogens with one attached hydrogen (secondary N) is 2. The minimum atomic E-state index is -0.191. The first-order chi connectivity index (χ1) is 16.5. The summed E-state index contributed by atoms with van der Waals surface area (Å²) in [5, 5.41) is 5.83. The van der Waals surface area contributed by atoms with Crippen LogP contribution in [0.15, 0.2) is 54.6 Å². The monoisotopic (exact) mass is 462 g/mol. The molecule has 1 heterocycles. The number of hydrogen-bond acceptors (Lipinski definition) is 4. The summed E-state index contributed by atoms with van der Waals surface area (Å²) in [6.45, 7) is 4.17. The van der Waals surface area contributed by atoms with Crippen LogP contribution in [0.25, 0.3) is 0 Å². The Balaban J connectivity index is 1.37. The number of hydrogen-bond donors (Lipinski definition) is 2. The van der Waals surface area contributed by atoms with Crippen LogP contribution in [-0.4, -0.2) is 59.7 Å². The topological polar surface area (TPSA) is 81.8 Å². The third-order valence-electron chi connectivity index (χ3n) is 6.85. The summed E-state index contributed by atoms with van der Waals surface area (Å²) in [4.78, 5) is 41.6. The molecule has 1 aliphatic heterocycles. The Morgan fingerprint density at radius 3 is 2.03 bits per heavy atom. The molecule has 2 N–H and O–H groups in total. The van der Waals surface area contributed by atoms with Crippen molar-refractivity contribution in [3.63, 3.8) is 0 Å². The van der Waals surface area contributed by atoms with Crippen molar-refractivity contribution in [2.24, 2.45) is 5.92 Å². The van der Waals surface area contributed by atoms with E-state index < -0.39 is 0 Å². The first-order valence-electron chi connectivity index (χ1n) is 12.2. The number of nitrogens with zero attached hydrogens (tertiary/aromatic N) is 2. The van der Waals surface area contributed by atoms with Gasteiger partial charge in [-0.05, 0) is 48.6 Å². The van der Waals surface area contributed by atoms with Gasteiger partial charge in [0.15, 0.2) is 0 Å². The molecule has 2 aromatic rings. The average molecular weight is 463 g/mol. The van der Waals surface area contributed by atoms with Gasteiger partial charge in [-0.2, -0.15) is 0 Å². The largest absolute Gasteiger partial charge is 0.340 e. The molecule has 7 nitrogen and oxygen atoms in total. The fourth-order valence-corrected chi connectivity index (χ4v) is 5.14. The molecule has 3 amide bonds.